The summed E-state index contributed by atoms with van der Waals surface area (Å²) in [6.07, 6.45) is 3.31. The van der Waals surface area contributed by atoms with Gasteiger partial charge in [0.25, 0.3) is 5.91 Å². The van der Waals surface area contributed by atoms with E-state index < -0.39 is 17.9 Å². The maximum Gasteiger partial charge on any atom is 0.331 e. The molecule has 0 spiro atoms. The number of carboxylic acid groups (broad SMARTS) is 1. The van der Waals surface area contributed by atoms with Crippen LogP contribution in [0.1, 0.15) is 19.4 Å². The van der Waals surface area contributed by atoms with Crippen molar-refractivity contribution in [2.24, 2.45) is 7.05 Å². The minimum atomic E-state index is -1.20. The third kappa shape index (κ3) is 4.23. The number of imide groups is 1. The molecular weight excluding hydrogens is 264 g/mol. The highest BCUT2D eigenvalue weighted by molar-refractivity contribution is 6.07. The van der Waals surface area contributed by atoms with Gasteiger partial charge in [-0.1, -0.05) is 0 Å². The van der Waals surface area contributed by atoms with E-state index in [0.29, 0.717) is 0 Å². The Morgan fingerprint density at radius 2 is 1.95 bits per heavy atom. The Morgan fingerprint density at radius 3 is 2.45 bits per heavy atom. The van der Waals surface area contributed by atoms with Crippen molar-refractivity contribution in [3.8, 4) is 0 Å². The van der Waals surface area contributed by atoms with Gasteiger partial charge in [0.1, 0.15) is 0 Å². The second-order valence-electron chi connectivity index (χ2n) is 4.21. The third-order valence-electron chi connectivity index (χ3n) is 2.66. The summed E-state index contributed by atoms with van der Waals surface area (Å²) in [5.74, 6) is -1.94. The number of nitrogens with one attached hydrogen (secondary N) is 2. The van der Waals surface area contributed by atoms with E-state index in [-0.39, 0.29) is 17.7 Å². The molecule has 108 valence electrons. The monoisotopic (exact) mass is 280 g/mol. The highest BCUT2D eigenvalue weighted by Gasteiger charge is 2.15. The fourth-order valence-electron chi connectivity index (χ4n) is 1.32. The van der Waals surface area contributed by atoms with Gasteiger partial charge >= 0.3 is 12.0 Å². The van der Waals surface area contributed by atoms with Crippen molar-refractivity contribution >= 4 is 17.9 Å². The summed E-state index contributed by atoms with van der Waals surface area (Å²) in [6, 6.07) is -0.698. The molecular formula is C12H16N4O4. The molecule has 20 heavy (non-hydrogen) atoms. The number of rotatable bonds is 4. The van der Waals surface area contributed by atoms with Crippen LogP contribution >= 0.6 is 0 Å². The average molecular weight is 280 g/mol. The minimum absolute atomic E-state index is 0.0194. The summed E-state index contributed by atoms with van der Waals surface area (Å²) >= 11 is 0. The first-order valence-corrected chi connectivity index (χ1v) is 5.78. The molecule has 0 bridgehead atoms. The lowest BCUT2D eigenvalue weighted by molar-refractivity contribution is -0.133. The van der Waals surface area contributed by atoms with Crippen LogP contribution < -0.4 is 10.6 Å². The molecule has 1 aromatic rings. The number of carboxylic acids is 1. The van der Waals surface area contributed by atoms with E-state index in [9.17, 15) is 14.4 Å². The Labute approximate surface area is 115 Å². The molecule has 0 saturated carbocycles. The van der Waals surface area contributed by atoms with E-state index in [1.165, 1.54) is 13.8 Å². The normalized spacial score (nSPS) is 11.6. The molecule has 0 saturated heterocycles. The largest absolute Gasteiger partial charge is 0.478 e. The molecule has 3 N–H and O–H groups in total. The van der Waals surface area contributed by atoms with E-state index in [1.54, 1.807) is 24.1 Å². The zero-order chi connectivity index (χ0) is 15.3. The highest BCUT2D eigenvalue weighted by Crippen LogP contribution is 2.03. The lowest BCUT2D eigenvalue weighted by Crippen LogP contribution is -2.39. The number of urea groups is 1. The second kappa shape index (κ2) is 6.50. The maximum atomic E-state index is 11.6. The van der Waals surface area contributed by atoms with Crippen molar-refractivity contribution in [1.29, 1.82) is 0 Å². The number of aromatic nitrogens is 2. The zero-order valence-electron chi connectivity index (χ0n) is 11.4. The molecule has 8 nitrogen and oxygen atoms in total. The molecule has 1 heterocycles. The summed E-state index contributed by atoms with van der Waals surface area (Å²) in [5.41, 5.74) is 0.653. The number of hydrogen-bond acceptors (Lipinski definition) is 4. The average Bonchev–Trinajstić information content (AvgIpc) is 2.80. The van der Waals surface area contributed by atoms with Gasteiger partial charge in [0, 0.05) is 36.5 Å². The molecule has 1 rings (SSSR count). The van der Waals surface area contributed by atoms with Gasteiger partial charge in [0.05, 0.1) is 6.20 Å². The number of carbonyl (C=O) groups excluding carboxylic acids is 2. The number of carbonyl (C=O) groups is 3. The Kier molecular flexibility index (Phi) is 5.01. The van der Waals surface area contributed by atoms with E-state index in [0.717, 1.165) is 5.56 Å². The van der Waals surface area contributed by atoms with Crippen LogP contribution in [0.4, 0.5) is 4.79 Å². The molecule has 0 aliphatic carbocycles. The standard InChI is InChI=1S/C12H16N4O4/c1-7(8(2)11(18)19)10(17)15-12(20)13-4-9-5-14-16(3)6-9/h5-6H,4H2,1-3H3,(H,18,19)(H2,13,15,17,20). The van der Waals surface area contributed by atoms with Crippen molar-refractivity contribution in [2.45, 2.75) is 20.4 Å². The Bertz CT molecular complexity index is 574. The Hall–Kier alpha value is -2.64. The van der Waals surface area contributed by atoms with Crippen LogP contribution in [0, 0.1) is 0 Å². The van der Waals surface area contributed by atoms with Crippen molar-refractivity contribution in [3.63, 3.8) is 0 Å². The predicted octanol–water partition coefficient (Wildman–Crippen LogP) is 0.167. The zero-order valence-corrected chi connectivity index (χ0v) is 11.4. The van der Waals surface area contributed by atoms with Gasteiger partial charge < -0.3 is 10.4 Å². The van der Waals surface area contributed by atoms with Crippen molar-refractivity contribution in [3.05, 3.63) is 29.1 Å². The third-order valence-corrected chi connectivity index (χ3v) is 2.66. The molecule has 3 amide bonds. The van der Waals surface area contributed by atoms with Crippen LogP contribution in [0.5, 0.6) is 0 Å². The summed E-state index contributed by atoms with van der Waals surface area (Å²) < 4.78 is 1.59. The van der Waals surface area contributed by atoms with Crippen LogP contribution in [0.15, 0.2) is 23.5 Å². The Balaban J connectivity index is 2.52. The van der Waals surface area contributed by atoms with Crippen molar-refractivity contribution in [1.82, 2.24) is 20.4 Å². The second-order valence-corrected chi connectivity index (χ2v) is 4.21. The lowest BCUT2D eigenvalue weighted by Gasteiger charge is -2.07. The molecule has 0 radical (unpaired) electrons. The lowest BCUT2D eigenvalue weighted by atomic mass is 10.1. The van der Waals surface area contributed by atoms with Gasteiger partial charge in [-0.15, -0.1) is 0 Å². The summed E-state index contributed by atoms with van der Waals surface area (Å²) in [6.45, 7) is 2.85. The number of hydrogen-bond donors (Lipinski definition) is 3. The molecule has 8 heteroatoms. The summed E-state index contributed by atoms with van der Waals surface area (Å²) in [5, 5.41) is 17.2. The van der Waals surface area contributed by atoms with Crippen LogP contribution in [0.25, 0.3) is 0 Å². The van der Waals surface area contributed by atoms with Crippen molar-refractivity contribution in [2.75, 3.05) is 0 Å². The summed E-state index contributed by atoms with van der Waals surface area (Å²) in [7, 11) is 1.75. The van der Waals surface area contributed by atoms with E-state index in [2.05, 4.69) is 15.7 Å². The fraction of sp³-hybridized carbons (Fsp3) is 0.333. The summed E-state index contributed by atoms with van der Waals surface area (Å²) in [4.78, 5) is 33.8. The van der Waals surface area contributed by atoms with Gasteiger partial charge in [-0.25, -0.2) is 9.59 Å². The van der Waals surface area contributed by atoms with Crippen LogP contribution in [-0.2, 0) is 23.2 Å². The fourth-order valence-corrected chi connectivity index (χ4v) is 1.32. The molecule has 0 fully saturated rings. The predicted molar refractivity (Wildman–Crippen MR) is 69.6 cm³/mol. The van der Waals surface area contributed by atoms with Crippen LogP contribution in [-0.4, -0.2) is 32.8 Å². The molecule has 0 aromatic carbocycles. The van der Waals surface area contributed by atoms with Gasteiger partial charge in [-0.3, -0.25) is 14.8 Å². The van der Waals surface area contributed by atoms with E-state index in [1.807, 2.05) is 0 Å². The molecule has 0 aliphatic heterocycles. The number of amides is 3. The van der Waals surface area contributed by atoms with Gasteiger partial charge in [0.2, 0.25) is 0 Å². The van der Waals surface area contributed by atoms with Gasteiger partial charge in [0.15, 0.2) is 0 Å². The first-order chi connectivity index (χ1) is 9.31. The quantitative estimate of drug-likeness (QED) is 0.680. The minimum Gasteiger partial charge on any atom is -0.478 e. The number of aryl methyl sites for hydroxylation is 1. The smallest absolute Gasteiger partial charge is 0.331 e. The molecule has 0 unspecified atom stereocenters. The van der Waals surface area contributed by atoms with Gasteiger partial charge in [-0.05, 0) is 13.8 Å². The highest BCUT2D eigenvalue weighted by atomic mass is 16.4. The number of aliphatic carboxylic acids is 1. The molecule has 0 aliphatic rings. The Morgan fingerprint density at radius 1 is 1.30 bits per heavy atom. The van der Waals surface area contributed by atoms with E-state index >= 15 is 0 Å². The molecule has 0 atom stereocenters. The first-order valence-electron chi connectivity index (χ1n) is 5.78. The first kappa shape index (κ1) is 15.4. The SMILES string of the molecule is CC(C(=O)O)=C(C)C(=O)NC(=O)NCc1cnn(C)c1. The van der Waals surface area contributed by atoms with Crippen LogP contribution in [0.3, 0.4) is 0 Å². The number of nitrogens with zero attached hydrogens (tertiary/aromatic N) is 2. The van der Waals surface area contributed by atoms with Crippen molar-refractivity contribution < 1.29 is 19.5 Å². The topological polar surface area (TPSA) is 113 Å². The maximum absolute atomic E-state index is 11.6. The van der Waals surface area contributed by atoms with Crippen LogP contribution in [0.2, 0.25) is 0 Å². The van der Waals surface area contributed by atoms with E-state index in [4.69, 9.17) is 5.11 Å². The van der Waals surface area contributed by atoms with Gasteiger partial charge in [-0.2, -0.15) is 5.10 Å². The molecule has 1 aromatic heterocycles.